The number of nitrogens with one attached hydrogen (secondary N) is 1. The van der Waals surface area contributed by atoms with Gasteiger partial charge in [0.2, 0.25) is 0 Å². The van der Waals surface area contributed by atoms with Crippen molar-refractivity contribution in [3.8, 4) is 0 Å². The number of benzene rings is 1. The van der Waals surface area contributed by atoms with Crippen LogP contribution in [0, 0.1) is 11.3 Å². The van der Waals surface area contributed by atoms with Gasteiger partial charge in [-0.05, 0) is 31.2 Å². The maximum atomic E-state index is 11.6. The van der Waals surface area contributed by atoms with Crippen LogP contribution < -0.4 is 5.73 Å². The first-order valence-electron chi connectivity index (χ1n) is 9.18. The van der Waals surface area contributed by atoms with Gasteiger partial charge in [0.05, 0.1) is 18.3 Å². The minimum absolute atomic E-state index is 0.0326. The topological polar surface area (TPSA) is 93.7 Å². The second-order valence-corrected chi connectivity index (χ2v) is 7.11. The van der Waals surface area contributed by atoms with Gasteiger partial charge in [0.15, 0.2) is 0 Å². The lowest BCUT2D eigenvalue weighted by molar-refractivity contribution is -0.154. The van der Waals surface area contributed by atoms with Crippen LogP contribution in [-0.2, 0) is 10.5 Å². The van der Waals surface area contributed by atoms with Gasteiger partial charge >= 0.3 is 5.97 Å². The number of piperidine rings is 2. The van der Waals surface area contributed by atoms with Crippen molar-refractivity contribution in [1.29, 1.82) is 5.41 Å². The average molecular weight is 344 g/mol. The van der Waals surface area contributed by atoms with Gasteiger partial charge in [0.1, 0.15) is 5.66 Å². The number of likely N-dealkylation sites (tertiary alicyclic amines) is 2. The smallest absolute Gasteiger partial charge is 0.317 e. The van der Waals surface area contributed by atoms with Crippen LogP contribution in [0.5, 0.6) is 0 Å². The van der Waals surface area contributed by atoms with Crippen LogP contribution in [0.1, 0.15) is 37.7 Å². The Balaban J connectivity index is 2.16. The largest absolute Gasteiger partial charge is 0.480 e. The summed E-state index contributed by atoms with van der Waals surface area (Å²) in [6.07, 6.45) is 5.07. The van der Waals surface area contributed by atoms with E-state index in [2.05, 4.69) is 17.0 Å². The zero-order valence-electron chi connectivity index (χ0n) is 14.7. The van der Waals surface area contributed by atoms with Crippen LogP contribution in [0.2, 0.25) is 0 Å². The molecule has 0 aromatic heterocycles. The molecule has 0 spiro atoms. The lowest BCUT2D eigenvalue weighted by Crippen LogP contribution is -2.68. The molecule has 2 aliphatic heterocycles. The van der Waals surface area contributed by atoms with Gasteiger partial charge in [0, 0.05) is 19.6 Å². The van der Waals surface area contributed by atoms with Crippen LogP contribution >= 0.6 is 0 Å². The van der Waals surface area contributed by atoms with Crippen molar-refractivity contribution in [2.75, 3.05) is 26.2 Å². The molecule has 0 radical (unpaired) electrons. The number of carbonyl (C=O) groups is 1. The SMILES string of the molecule is N=C(N)C1CCCN(CC(=O)O)C1(c1ccccc1)N1CCCCC1. The predicted octanol–water partition coefficient (Wildman–Crippen LogP) is 2.06. The molecule has 3 rings (SSSR count). The van der Waals surface area contributed by atoms with Crippen molar-refractivity contribution in [3.05, 3.63) is 35.9 Å². The van der Waals surface area contributed by atoms with Crippen molar-refractivity contribution in [1.82, 2.24) is 9.80 Å². The maximum absolute atomic E-state index is 11.6. The van der Waals surface area contributed by atoms with E-state index in [0.29, 0.717) is 6.54 Å². The lowest BCUT2D eigenvalue weighted by atomic mass is 9.75. The van der Waals surface area contributed by atoms with E-state index >= 15 is 0 Å². The molecule has 6 nitrogen and oxygen atoms in total. The van der Waals surface area contributed by atoms with Gasteiger partial charge < -0.3 is 10.8 Å². The standard InChI is InChI=1S/C19H28N4O2/c20-18(21)16-10-7-13-23(14-17(24)25)19(16,15-8-3-1-4-9-15)22-11-5-2-6-12-22/h1,3-4,8-9,16H,2,5-7,10-14H2,(H3,20,21)(H,24,25). The molecule has 1 aromatic carbocycles. The van der Waals surface area contributed by atoms with E-state index in [4.69, 9.17) is 11.1 Å². The molecule has 6 heteroatoms. The average Bonchev–Trinajstić information content (AvgIpc) is 2.62. The number of hydrogen-bond donors (Lipinski definition) is 3. The van der Waals surface area contributed by atoms with Crippen LogP contribution in [0.25, 0.3) is 0 Å². The maximum Gasteiger partial charge on any atom is 0.317 e. The first-order valence-corrected chi connectivity index (χ1v) is 9.18. The highest BCUT2D eigenvalue weighted by Gasteiger charge is 2.53. The highest BCUT2D eigenvalue weighted by atomic mass is 16.4. The van der Waals surface area contributed by atoms with E-state index in [1.54, 1.807) is 0 Å². The number of nitrogens with two attached hydrogens (primary N) is 1. The first kappa shape index (κ1) is 17.9. The fraction of sp³-hybridized carbons (Fsp3) is 0.579. The first-order chi connectivity index (χ1) is 12.1. The molecule has 4 N–H and O–H groups in total. The summed E-state index contributed by atoms with van der Waals surface area (Å²) in [7, 11) is 0. The fourth-order valence-electron chi connectivity index (χ4n) is 4.72. The van der Waals surface area contributed by atoms with Crippen LogP contribution in [0.15, 0.2) is 30.3 Å². The highest BCUT2D eigenvalue weighted by molar-refractivity contribution is 5.81. The van der Waals surface area contributed by atoms with Crippen molar-refractivity contribution in [3.63, 3.8) is 0 Å². The van der Waals surface area contributed by atoms with Crippen molar-refractivity contribution in [2.45, 2.75) is 37.8 Å². The summed E-state index contributed by atoms with van der Waals surface area (Å²) in [6, 6.07) is 10.1. The zero-order valence-corrected chi connectivity index (χ0v) is 14.7. The number of carboxylic acid groups (broad SMARTS) is 1. The van der Waals surface area contributed by atoms with Crippen LogP contribution in [-0.4, -0.2) is 52.9 Å². The van der Waals surface area contributed by atoms with E-state index in [1.807, 2.05) is 23.1 Å². The Bertz CT molecular complexity index is 615. The highest BCUT2D eigenvalue weighted by Crippen LogP contribution is 2.45. The second kappa shape index (κ2) is 7.54. The Kier molecular flexibility index (Phi) is 5.39. The predicted molar refractivity (Wildman–Crippen MR) is 97.4 cm³/mol. The Labute approximate surface area is 149 Å². The van der Waals surface area contributed by atoms with Gasteiger partial charge in [-0.15, -0.1) is 0 Å². The molecule has 0 amide bonds. The Morgan fingerprint density at radius 1 is 1.16 bits per heavy atom. The molecular weight excluding hydrogens is 316 g/mol. The van der Waals surface area contributed by atoms with Gasteiger partial charge in [-0.2, -0.15) is 0 Å². The second-order valence-electron chi connectivity index (χ2n) is 7.11. The summed E-state index contributed by atoms with van der Waals surface area (Å²) in [5.41, 5.74) is 6.48. The quantitative estimate of drug-likeness (QED) is 0.561. The molecule has 0 aliphatic carbocycles. The van der Waals surface area contributed by atoms with E-state index < -0.39 is 11.6 Å². The molecule has 2 heterocycles. The summed E-state index contributed by atoms with van der Waals surface area (Å²) in [6.45, 7) is 2.50. The fourth-order valence-corrected chi connectivity index (χ4v) is 4.72. The lowest BCUT2D eigenvalue weighted by Gasteiger charge is -2.58. The van der Waals surface area contributed by atoms with E-state index in [9.17, 15) is 9.90 Å². The summed E-state index contributed by atoms with van der Waals surface area (Å²) < 4.78 is 0. The Morgan fingerprint density at radius 2 is 1.84 bits per heavy atom. The van der Waals surface area contributed by atoms with Gasteiger partial charge in [-0.25, -0.2) is 0 Å². The zero-order chi connectivity index (χ0) is 17.9. The number of rotatable bonds is 5. The summed E-state index contributed by atoms with van der Waals surface area (Å²) in [5.74, 6) is -0.868. The molecule has 0 bridgehead atoms. The van der Waals surface area contributed by atoms with Crippen LogP contribution in [0.3, 0.4) is 0 Å². The third-order valence-corrected chi connectivity index (χ3v) is 5.63. The third kappa shape index (κ3) is 3.28. The molecule has 136 valence electrons. The summed E-state index contributed by atoms with van der Waals surface area (Å²) >= 11 is 0. The molecule has 25 heavy (non-hydrogen) atoms. The van der Waals surface area contributed by atoms with Crippen molar-refractivity contribution in [2.24, 2.45) is 11.7 Å². The monoisotopic (exact) mass is 344 g/mol. The Morgan fingerprint density at radius 3 is 2.44 bits per heavy atom. The minimum Gasteiger partial charge on any atom is -0.480 e. The number of amidine groups is 1. The molecule has 2 unspecified atom stereocenters. The molecule has 0 saturated carbocycles. The van der Waals surface area contributed by atoms with Gasteiger partial charge in [-0.3, -0.25) is 20.0 Å². The molecule has 2 atom stereocenters. The number of nitrogens with zero attached hydrogens (tertiary/aromatic N) is 2. The normalized spacial score (nSPS) is 28.6. The molecule has 2 aliphatic rings. The van der Waals surface area contributed by atoms with Crippen molar-refractivity contribution < 1.29 is 9.90 Å². The molecule has 1 aromatic rings. The Hall–Kier alpha value is -1.92. The van der Waals surface area contributed by atoms with E-state index in [-0.39, 0.29) is 18.3 Å². The molecular formula is C19H28N4O2. The van der Waals surface area contributed by atoms with E-state index in [1.165, 1.54) is 6.42 Å². The van der Waals surface area contributed by atoms with Gasteiger partial charge in [-0.1, -0.05) is 36.8 Å². The van der Waals surface area contributed by atoms with Crippen LogP contribution in [0.4, 0.5) is 0 Å². The minimum atomic E-state index is -0.832. The molecule has 2 saturated heterocycles. The molecule has 2 fully saturated rings. The number of carboxylic acids is 1. The number of hydrogen-bond acceptors (Lipinski definition) is 4. The van der Waals surface area contributed by atoms with Gasteiger partial charge in [0.25, 0.3) is 0 Å². The van der Waals surface area contributed by atoms with Crippen molar-refractivity contribution >= 4 is 11.8 Å². The number of aliphatic carboxylic acids is 1. The summed E-state index contributed by atoms with van der Waals surface area (Å²) in [5, 5.41) is 17.8. The third-order valence-electron chi connectivity index (χ3n) is 5.63. The summed E-state index contributed by atoms with van der Waals surface area (Å²) in [4.78, 5) is 16.0. The van der Waals surface area contributed by atoms with E-state index in [0.717, 1.165) is 44.3 Å².